The van der Waals surface area contributed by atoms with Gasteiger partial charge in [-0.25, -0.2) is 0 Å². The van der Waals surface area contributed by atoms with E-state index < -0.39 is 5.97 Å². The monoisotopic (exact) mass is 261 g/mol. The van der Waals surface area contributed by atoms with Crippen molar-refractivity contribution in [2.45, 2.75) is 19.3 Å². The van der Waals surface area contributed by atoms with Gasteiger partial charge in [0.15, 0.2) is 0 Å². The normalized spacial score (nSPS) is 10.9. The van der Waals surface area contributed by atoms with Gasteiger partial charge in [0.1, 0.15) is 0 Å². The lowest BCUT2D eigenvalue weighted by atomic mass is 10.3. The second-order valence-corrected chi connectivity index (χ2v) is 5.56. The van der Waals surface area contributed by atoms with Gasteiger partial charge in [0, 0.05) is 17.8 Å². The number of likely N-dealkylation sites (N-methyl/N-ethyl adjacent to an activating group) is 1. The average molecular weight is 262 g/mol. The topological polar surface area (TPSA) is 40.5 Å². The third kappa shape index (κ3) is 5.49. The third-order valence-electron chi connectivity index (χ3n) is 2.30. The first-order valence-electron chi connectivity index (χ1n) is 5.22. The maximum Gasteiger partial charge on any atom is 0.303 e. The van der Waals surface area contributed by atoms with Crippen molar-refractivity contribution >= 4 is 28.9 Å². The SMILES string of the molecule is CN(CCCC(=O)O)CCc1ccc(Cl)s1. The van der Waals surface area contributed by atoms with E-state index in [-0.39, 0.29) is 6.42 Å². The Bertz CT molecular complexity index is 340. The summed E-state index contributed by atoms with van der Waals surface area (Å²) in [4.78, 5) is 13.8. The molecule has 0 atom stereocenters. The molecule has 90 valence electrons. The van der Waals surface area contributed by atoms with Gasteiger partial charge in [0.2, 0.25) is 0 Å². The van der Waals surface area contributed by atoms with E-state index in [4.69, 9.17) is 16.7 Å². The summed E-state index contributed by atoms with van der Waals surface area (Å²) in [7, 11) is 2.01. The minimum absolute atomic E-state index is 0.245. The highest BCUT2D eigenvalue weighted by atomic mass is 35.5. The molecule has 0 saturated carbocycles. The highest BCUT2D eigenvalue weighted by Crippen LogP contribution is 2.21. The zero-order valence-electron chi connectivity index (χ0n) is 9.28. The molecule has 0 unspecified atom stereocenters. The number of rotatable bonds is 7. The van der Waals surface area contributed by atoms with Gasteiger partial charge in [0.25, 0.3) is 0 Å². The molecule has 0 saturated heterocycles. The Morgan fingerprint density at radius 1 is 1.50 bits per heavy atom. The summed E-state index contributed by atoms with van der Waals surface area (Å²) < 4.78 is 0.823. The largest absolute Gasteiger partial charge is 0.481 e. The third-order valence-corrected chi connectivity index (χ3v) is 3.59. The summed E-state index contributed by atoms with van der Waals surface area (Å²) in [6.07, 6.45) is 1.92. The van der Waals surface area contributed by atoms with E-state index in [1.54, 1.807) is 11.3 Å². The highest BCUT2D eigenvalue weighted by Gasteiger charge is 2.03. The second kappa shape index (κ2) is 6.89. The first-order valence-corrected chi connectivity index (χ1v) is 6.42. The van der Waals surface area contributed by atoms with Crippen LogP contribution in [0.4, 0.5) is 0 Å². The molecule has 0 aliphatic heterocycles. The van der Waals surface area contributed by atoms with E-state index in [1.165, 1.54) is 4.88 Å². The lowest BCUT2D eigenvalue weighted by Crippen LogP contribution is -2.22. The summed E-state index contributed by atoms with van der Waals surface area (Å²) >= 11 is 7.44. The molecule has 0 aliphatic carbocycles. The predicted molar refractivity (Wildman–Crippen MR) is 67.4 cm³/mol. The van der Waals surface area contributed by atoms with E-state index in [9.17, 15) is 4.79 Å². The molecule has 0 amide bonds. The van der Waals surface area contributed by atoms with E-state index >= 15 is 0 Å². The van der Waals surface area contributed by atoms with Crippen molar-refractivity contribution in [3.63, 3.8) is 0 Å². The summed E-state index contributed by atoms with van der Waals surface area (Å²) in [5.41, 5.74) is 0. The Morgan fingerprint density at radius 3 is 2.81 bits per heavy atom. The lowest BCUT2D eigenvalue weighted by molar-refractivity contribution is -0.137. The molecule has 0 fully saturated rings. The van der Waals surface area contributed by atoms with Gasteiger partial charge in [-0.15, -0.1) is 11.3 Å². The van der Waals surface area contributed by atoms with Crippen LogP contribution in [0.1, 0.15) is 17.7 Å². The number of thiophene rings is 1. The summed E-state index contributed by atoms with van der Waals surface area (Å²) in [5.74, 6) is -0.724. The molecular formula is C11H16ClNO2S. The van der Waals surface area contributed by atoms with E-state index in [1.807, 2.05) is 19.2 Å². The van der Waals surface area contributed by atoms with Gasteiger partial charge in [-0.1, -0.05) is 11.6 Å². The number of aliphatic carboxylic acids is 1. The van der Waals surface area contributed by atoms with Gasteiger partial charge in [-0.2, -0.15) is 0 Å². The first kappa shape index (κ1) is 13.5. The summed E-state index contributed by atoms with van der Waals surface area (Å²) in [6, 6.07) is 3.95. The van der Waals surface area contributed by atoms with Crippen molar-refractivity contribution in [2.75, 3.05) is 20.1 Å². The van der Waals surface area contributed by atoms with Gasteiger partial charge < -0.3 is 10.0 Å². The van der Waals surface area contributed by atoms with Crippen molar-refractivity contribution in [3.05, 3.63) is 21.3 Å². The number of hydrogen-bond donors (Lipinski definition) is 1. The molecule has 5 heteroatoms. The zero-order chi connectivity index (χ0) is 12.0. The Balaban J connectivity index is 2.15. The molecular weight excluding hydrogens is 246 g/mol. The molecule has 16 heavy (non-hydrogen) atoms. The van der Waals surface area contributed by atoms with Crippen LogP contribution in [0.15, 0.2) is 12.1 Å². The van der Waals surface area contributed by atoms with Crippen LogP contribution in [-0.2, 0) is 11.2 Å². The Hall–Kier alpha value is -0.580. The van der Waals surface area contributed by atoms with Crippen LogP contribution in [0, 0.1) is 0 Å². The quantitative estimate of drug-likeness (QED) is 0.821. The van der Waals surface area contributed by atoms with Crippen molar-refractivity contribution in [2.24, 2.45) is 0 Å². The van der Waals surface area contributed by atoms with Crippen LogP contribution < -0.4 is 0 Å². The molecule has 0 radical (unpaired) electrons. The van der Waals surface area contributed by atoms with Crippen molar-refractivity contribution in [1.29, 1.82) is 0 Å². The van der Waals surface area contributed by atoms with Gasteiger partial charge in [-0.05, 0) is 38.6 Å². The van der Waals surface area contributed by atoms with Crippen LogP contribution in [0.25, 0.3) is 0 Å². The fourth-order valence-corrected chi connectivity index (χ4v) is 2.48. The molecule has 1 aromatic rings. The average Bonchev–Trinajstić information content (AvgIpc) is 2.61. The zero-order valence-corrected chi connectivity index (χ0v) is 10.9. The van der Waals surface area contributed by atoms with Crippen molar-refractivity contribution < 1.29 is 9.90 Å². The molecule has 1 N–H and O–H groups in total. The van der Waals surface area contributed by atoms with E-state index in [2.05, 4.69) is 4.90 Å². The molecule has 1 rings (SSSR count). The maximum absolute atomic E-state index is 10.3. The van der Waals surface area contributed by atoms with Crippen LogP contribution in [-0.4, -0.2) is 36.1 Å². The highest BCUT2D eigenvalue weighted by molar-refractivity contribution is 7.16. The van der Waals surface area contributed by atoms with Crippen LogP contribution in [0.2, 0.25) is 4.34 Å². The Kier molecular flexibility index (Phi) is 5.80. The minimum atomic E-state index is -0.724. The van der Waals surface area contributed by atoms with Gasteiger partial charge in [0.05, 0.1) is 4.34 Å². The number of nitrogens with zero attached hydrogens (tertiary/aromatic N) is 1. The molecule has 3 nitrogen and oxygen atoms in total. The number of carbonyl (C=O) groups is 1. The predicted octanol–water partition coefficient (Wildman–Crippen LogP) is 2.74. The molecule has 0 spiro atoms. The molecule has 0 aromatic carbocycles. The Labute approximate surface area is 105 Å². The first-order chi connectivity index (χ1) is 7.58. The number of halogens is 1. The Morgan fingerprint density at radius 2 is 2.25 bits per heavy atom. The van der Waals surface area contributed by atoms with Crippen LogP contribution >= 0.6 is 22.9 Å². The lowest BCUT2D eigenvalue weighted by Gasteiger charge is -2.14. The van der Waals surface area contributed by atoms with E-state index in [0.717, 1.165) is 23.8 Å². The molecule has 1 heterocycles. The number of hydrogen-bond acceptors (Lipinski definition) is 3. The molecule has 1 aromatic heterocycles. The van der Waals surface area contributed by atoms with Gasteiger partial charge >= 0.3 is 5.97 Å². The number of carboxylic acid groups (broad SMARTS) is 1. The van der Waals surface area contributed by atoms with Crippen molar-refractivity contribution in [1.82, 2.24) is 4.90 Å². The smallest absolute Gasteiger partial charge is 0.303 e. The minimum Gasteiger partial charge on any atom is -0.481 e. The van der Waals surface area contributed by atoms with Crippen molar-refractivity contribution in [3.8, 4) is 0 Å². The maximum atomic E-state index is 10.3. The van der Waals surface area contributed by atoms with Crippen LogP contribution in [0.5, 0.6) is 0 Å². The summed E-state index contributed by atoms with van der Waals surface area (Å²) in [6.45, 7) is 1.77. The van der Waals surface area contributed by atoms with E-state index in [0.29, 0.717) is 6.42 Å². The molecule has 0 bridgehead atoms. The fourth-order valence-electron chi connectivity index (χ4n) is 1.40. The van der Waals surface area contributed by atoms with Gasteiger partial charge in [-0.3, -0.25) is 4.79 Å². The second-order valence-electron chi connectivity index (χ2n) is 3.76. The van der Waals surface area contributed by atoms with Crippen LogP contribution in [0.3, 0.4) is 0 Å². The fraction of sp³-hybridized carbons (Fsp3) is 0.545. The molecule has 0 aliphatic rings. The summed E-state index contributed by atoms with van der Waals surface area (Å²) in [5, 5.41) is 8.51. The standard InChI is InChI=1S/C11H16ClNO2S/c1-13(7-2-3-11(14)15)8-6-9-4-5-10(12)16-9/h4-5H,2-3,6-8H2,1H3,(H,14,15). The number of carboxylic acids is 1.